The molecule has 33 heavy (non-hydrogen) atoms. The zero-order valence-electron chi connectivity index (χ0n) is 17.0. The number of hydrogen-bond acceptors (Lipinski definition) is 5. The molecule has 0 atom stereocenters. The second-order valence-corrected chi connectivity index (χ2v) is 7.09. The summed E-state index contributed by atoms with van der Waals surface area (Å²) in [6, 6.07) is 14.4. The molecule has 0 bridgehead atoms. The molecule has 3 aromatic heterocycles. The molecular weight excluding hydrogens is 443 g/mol. The highest BCUT2D eigenvalue weighted by Gasteiger charge is 2.14. The van der Waals surface area contributed by atoms with Crippen molar-refractivity contribution in [2.75, 3.05) is 7.05 Å². The Morgan fingerprint density at radius 2 is 1.88 bits per heavy atom. The standard InChI is InChI=1S/C23H17FN6O.CH4.ClH/c1-25-22(31)18-6-5-16(11-19(18)24)21-13-28-23-27-12-17(30(23)29-21)10-14-4-7-20-15(9-14)3-2-8-26-20;;/h2-9,11-13H,10H2,1H3,(H,25,31);1H4;1H. The highest BCUT2D eigenvalue weighted by Crippen LogP contribution is 2.21. The van der Waals surface area contributed by atoms with E-state index in [1.807, 2.05) is 24.3 Å². The van der Waals surface area contributed by atoms with Crippen LogP contribution in [-0.4, -0.2) is 37.5 Å². The number of pyridine rings is 1. The van der Waals surface area contributed by atoms with Crippen molar-refractivity contribution >= 4 is 35.0 Å². The number of halogens is 2. The summed E-state index contributed by atoms with van der Waals surface area (Å²) in [5.41, 5.74) is 3.88. The van der Waals surface area contributed by atoms with Crippen molar-refractivity contribution in [3.05, 3.63) is 89.8 Å². The van der Waals surface area contributed by atoms with Crippen molar-refractivity contribution in [3.8, 4) is 11.3 Å². The van der Waals surface area contributed by atoms with Gasteiger partial charge in [0.2, 0.25) is 0 Å². The second-order valence-electron chi connectivity index (χ2n) is 7.09. The third kappa shape index (κ3) is 4.51. The first-order chi connectivity index (χ1) is 15.1. The summed E-state index contributed by atoms with van der Waals surface area (Å²) in [7, 11) is 1.46. The van der Waals surface area contributed by atoms with Crippen molar-refractivity contribution in [1.29, 1.82) is 0 Å². The maximum atomic E-state index is 14.4. The van der Waals surface area contributed by atoms with Crippen LogP contribution in [0.15, 0.2) is 67.1 Å². The van der Waals surface area contributed by atoms with Crippen molar-refractivity contribution in [3.63, 3.8) is 0 Å². The van der Waals surface area contributed by atoms with E-state index in [1.165, 1.54) is 19.2 Å². The van der Waals surface area contributed by atoms with Gasteiger partial charge in [0.05, 0.1) is 29.2 Å². The van der Waals surface area contributed by atoms with Gasteiger partial charge in [-0.15, -0.1) is 12.4 Å². The number of carbonyl (C=O) groups excluding carboxylic acids is 1. The monoisotopic (exact) mass is 464 g/mol. The smallest absolute Gasteiger partial charge is 0.253 e. The minimum absolute atomic E-state index is 0. The summed E-state index contributed by atoms with van der Waals surface area (Å²) >= 11 is 0. The predicted octanol–water partition coefficient (Wildman–Crippen LogP) is 4.49. The van der Waals surface area contributed by atoms with E-state index in [2.05, 4.69) is 31.4 Å². The van der Waals surface area contributed by atoms with Crippen LogP contribution < -0.4 is 5.32 Å². The van der Waals surface area contributed by atoms with Gasteiger partial charge < -0.3 is 5.32 Å². The molecule has 1 amide bonds. The van der Waals surface area contributed by atoms with Crippen molar-refractivity contribution < 1.29 is 9.18 Å². The lowest BCUT2D eigenvalue weighted by molar-refractivity contribution is 0.0959. The van der Waals surface area contributed by atoms with Crippen molar-refractivity contribution in [1.82, 2.24) is 29.9 Å². The molecule has 0 aliphatic heterocycles. The van der Waals surface area contributed by atoms with Crippen LogP contribution in [0, 0.1) is 5.82 Å². The zero-order valence-corrected chi connectivity index (χ0v) is 17.8. The molecule has 2 aromatic carbocycles. The topological polar surface area (TPSA) is 85.1 Å². The molecule has 9 heteroatoms. The van der Waals surface area contributed by atoms with E-state index < -0.39 is 11.7 Å². The van der Waals surface area contributed by atoms with Crippen LogP contribution in [0.25, 0.3) is 27.9 Å². The van der Waals surface area contributed by atoms with Crippen LogP contribution in [-0.2, 0) is 6.42 Å². The quantitative estimate of drug-likeness (QED) is 0.423. The fraction of sp³-hybridized carbons (Fsp3) is 0.125. The van der Waals surface area contributed by atoms with E-state index in [1.54, 1.807) is 29.2 Å². The van der Waals surface area contributed by atoms with Crippen LogP contribution in [0.2, 0.25) is 0 Å². The first-order valence-electron chi connectivity index (χ1n) is 9.68. The summed E-state index contributed by atoms with van der Waals surface area (Å²) in [5, 5.41) is 8.09. The van der Waals surface area contributed by atoms with E-state index in [-0.39, 0.29) is 25.4 Å². The summed E-state index contributed by atoms with van der Waals surface area (Å²) in [6.07, 6.45) is 5.66. The van der Waals surface area contributed by atoms with Crippen molar-refractivity contribution in [2.24, 2.45) is 0 Å². The minimum atomic E-state index is -0.616. The second kappa shape index (κ2) is 9.70. The number of rotatable bonds is 4. The first-order valence-corrected chi connectivity index (χ1v) is 9.68. The van der Waals surface area contributed by atoms with Gasteiger partial charge in [0, 0.05) is 30.6 Å². The normalized spacial score (nSPS) is 10.5. The molecule has 5 rings (SSSR count). The van der Waals surface area contributed by atoms with Gasteiger partial charge in [-0.2, -0.15) is 5.10 Å². The zero-order chi connectivity index (χ0) is 21.4. The summed E-state index contributed by atoms with van der Waals surface area (Å²) in [5.74, 6) is -0.633. The Labute approximate surface area is 196 Å². The molecular formula is C24H22ClFN6O. The Hall–Kier alpha value is -3.91. The lowest BCUT2D eigenvalue weighted by atomic mass is 10.1. The molecule has 0 aliphatic rings. The molecule has 0 saturated heterocycles. The highest BCUT2D eigenvalue weighted by molar-refractivity contribution is 5.94. The van der Waals surface area contributed by atoms with Crippen LogP contribution in [0.3, 0.4) is 0 Å². The number of benzene rings is 2. The van der Waals surface area contributed by atoms with Gasteiger partial charge in [0.25, 0.3) is 11.7 Å². The number of hydrogen-bond donors (Lipinski definition) is 1. The molecule has 7 nitrogen and oxygen atoms in total. The molecule has 0 aliphatic carbocycles. The van der Waals surface area contributed by atoms with Crippen LogP contribution in [0.5, 0.6) is 0 Å². The van der Waals surface area contributed by atoms with Gasteiger partial charge in [0.15, 0.2) is 0 Å². The molecule has 0 fully saturated rings. The van der Waals surface area contributed by atoms with Gasteiger partial charge in [-0.3, -0.25) is 9.78 Å². The fourth-order valence-corrected chi connectivity index (χ4v) is 3.51. The Bertz CT molecular complexity index is 1450. The van der Waals surface area contributed by atoms with Gasteiger partial charge in [0.1, 0.15) is 11.5 Å². The number of amides is 1. The molecule has 5 aromatic rings. The Morgan fingerprint density at radius 3 is 2.67 bits per heavy atom. The fourth-order valence-electron chi connectivity index (χ4n) is 3.51. The largest absolute Gasteiger partial charge is 0.355 e. The number of imidazole rings is 1. The number of carbonyl (C=O) groups is 1. The molecule has 168 valence electrons. The van der Waals surface area contributed by atoms with E-state index in [0.717, 1.165) is 22.2 Å². The minimum Gasteiger partial charge on any atom is -0.355 e. The van der Waals surface area contributed by atoms with E-state index >= 15 is 0 Å². The number of aromatic nitrogens is 5. The third-order valence-electron chi connectivity index (χ3n) is 5.09. The number of fused-ring (bicyclic) bond motifs is 2. The van der Waals surface area contributed by atoms with E-state index in [4.69, 9.17) is 0 Å². The molecule has 0 spiro atoms. The van der Waals surface area contributed by atoms with Crippen LogP contribution in [0.1, 0.15) is 29.0 Å². The maximum Gasteiger partial charge on any atom is 0.253 e. The predicted molar refractivity (Wildman–Crippen MR) is 128 cm³/mol. The molecule has 0 unspecified atom stereocenters. The Morgan fingerprint density at radius 1 is 1.06 bits per heavy atom. The van der Waals surface area contributed by atoms with E-state index in [0.29, 0.717) is 23.5 Å². The maximum absolute atomic E-state index is 14.4. The van der Waals surface area contributed by atoms with Crippen LogP contribution in [0.4, 0.5) is 4.39 Å². The Balaban J connectivity index is 0.00000153. The van der Waals surface area contributed by atoms with Crippen molar-refractivity contribution in [2.45, 2.75) is 13.8 Å². The van der Waals surface area contributed by atoms with Gasteiger partial charge >= 0.3 is 0 Å². The van der Waals surface area contributed by atoms with Crippen LogP contribution >= 0.6 is 12.4 Å². The molecule has 0 saturated carbocycles. The molecule has 0 radical (unpaired) electrons. The van der Waals surface area contributed by atoms with Gasteiger partial charge in [-0.25, -0.2) is 18.9 Å². The van der Waals surface area contributed by atoms with E-state index in [9.17, 15) is 9.18 Å². The summed E-state index contributed by atoms with van der Waals surface area (Å²) in [4.78, 5) is 24.8. The Kier molecular flexibility index (Phi) is 6.98. The lowest BCUT2D eigenvalue weighted by Crippen LogP contribution is -2.19. The summed E-state index contributed by atoms with van der Waals surface area (Å²) in [6.45, 7) is 0. The SMILES string of the molecule is C.CNC(=O)c1ccc(-c2cnc3ncc(Cc4ccc5ncccc5c4)n3n2)cc1F.Cl. The summed E-state index contributed by atoms with van der Waals surface area (Å²) < 4.78 is 16.0. The molecule has 3 heterocycles. The third-order valence-corrected chi connectivity index (χ3v) is 5.09. The molecule has 1 N–H and O–H groups in total. The average Bonchev–Trinajstić information content (AvgIpc) is 3.20. The van der Waals surface area contributed by atoms with Gasteiger partial charge in [-0.05, 0) is 35.9 Å². The number of nitrogens with zero attached hydrogens (tertiary/aromatic N) is 5. The number of nitrogens with one attached hydrogen (secondary N) is 1. The van der Waals surface area contributed by atoms with Gasteiger partial charge in [-0.1, -0.05) is 25.6 Å². The highest BCUT2D eigenvalue weighted by atomic mass is 35.5. The first kappa shape index (κ1) is 23.7. The lowest BCUT2D eigenvalue weighted by Gasteiger charge is -2.07. The average molecular weight is 465 g/mol.